The van der Waals surface area contributed by atoms with Crippen LogP contribution >= 0.6 is 0 Å². The van der Waals surface area contributed by atoms with Gasteiger partial charge in [0.2, 0.25) is 11.8 Å². The number of pyridine rings is 1. The van der Waals surface area contributed by atoms with E-state index in [0.717, 1.165) is 37.2 Å². The molecule has 0 aliphatic heterocycles. The van der Waals surface area contributed by atoms with Gasteiger partial charge in [-0.05, 0) is 75.6 Å². The van der Waals surface area contributed by atoms with Gasteiger partial charge in [0.25, 0.3) is 5.91 Å². The highest BCUT2D eigenvalue weighted by Gasteiger charge is 2.31. The number of nitrogens with zero attached hydrogens (tertiary/aromatic N) is 6. The number of amides is 1. The first-order valence-electron chi connectivity index (χ1n) is 13.1. The van der Waals surface area contributed by atoms with Crippen molar-refractivity contribution >= 4 is 23.2 Å². The van der Waals surface area contributed by atoms with Gasteiger partial charge in [-0.3, -0.25) is 4.79 Å². The molecule has 0 spiro atoms. The van der Waals surface area contributed by atoms with Gasteiger partial charge < -0.3 is 25.2 Å². The third kappa shape index (κ3) is 7.92. The minimum atomic E-state index is -4.62. The number of alkyl halides is 3. The summed E-state index contributed by atoms with van der Waals surface area (Å²) in [5, 5.41) is 5.36. The Morgan fingerprint density at radius 3 is 2.51 bits per heavy atom. The summed E-state index contributed by atoms with van der Waals surface area (Å²) in [6.07, 6.45) is -1.16. The number of rotatable bonds is 11. The molecule has 43 heavy (non-hydrogen) atoms. The fourth-order valence-corrected chi connectivity index (χ4v) is 4.10. The molecule has 2 aromatic heterocycles. The Bertz CT molecular complexity index is 1580. The maximum absolute atomic E-state index is 14.9. The number of carbonyl (C=O) groups excluding carboxylic acids is 1. The van der Waals surface area contributed by atoms with Crippen molar-refractivity contribution in [1.29, 1.82) is 0 Å². The number of benzene rings is 2. The van der Waals surface area contributed by atoms with Crippen LogP contribution in [0.3, 0.4) is 0 Å². The van der Waals surface area contributed by atoms with Crippen LogP contribution in [0.4, 0.5) is 34.9 Å². The molecule has 226 valence electrons. The molecule has 4 rings (SSSR count). The van der Waals surface area contributed by atoms with Gasteiger partial charge in [0.05, 0.1) is 22.5 Å². The number of halogens is 4. The monoisotopic (exact) mass is 598 g/mol. The maximum Gasteiger partial charge on any atom is 0.416 e. The molecule has 0 bridgehead atoms. The highest BCUT2D eigenvalue weighted by molar-refractivity contribution is 6.06. The second-order valence-electron chi connectivity index (χ2n) is 9.75. The Morgan fingerprint density at radius 2 is 1.79 bits per heavy atom. The van der Waals surface area contributed by atoms with Crippen molar-refractivity contribution in [2.75, 3.05) is 56.8 Å². The van der Waals surface area contributed by atoms with Crippen LogP contribution < -0.4 is 20.3 Å². The molecule has 0 aliphatic rings. The number of carbonyl (C=O) groups is 1. The zero-order valence-corrected chi connectivity index (χ0v) is 23.9. The number of anilines is 3. The molecule has 0 unspecified atom stereocenters. The lowest BCUT2D eigenvalue weighted by Gasteiger charge is -2.24. The molecule has 2 N–H and O–H groups in total. The topological polar surface area (TPSA) is 108 Å². The summed E-state index contributed by atoms with van der Waals surface area (Å²) < 4.78 is 61.2. The Hall–Kier alpha value is -4.85. The fraction of sp³-hybridized carbons (Fsp3) is 0.276. The van der Waals surface area contributed by atoms with Crippen LogP contribution in [-0.4, -0.2) is 72.0 Å². The van der Waals surface area contributed by atoms with E-state index in [2.05, 4.69) is 30.6 Å². The number of hydrogen-bond acceptors (Lipinski definition) is 9. The molecule has 2 aromatic carbocycles. The summed E-state index contributed by atoms with van der Waals surface area (Å²) >= 11 is 0. The molecule has 0 aliphatic carbocycles. The van der Waals surface area contributed by atoms with Gasteiger partial charge in [-0.15, -0.1) is 0 Å². The predicted molar refractivity (Wildman–Crippen MR) is 155 cm³/mol. The average Bonchev–Trinajstić information content (AvgIpc) is 2.97. The van der Waals surface area contributed by atoms with E-state index in [0.29, 0.717) is 23.7 Å². The van der Waals surface area contributed by atoms with Crippen molar-refractivity contribution in [1.82, 2.24) is 24.8 Å². The summed E-state index contributed by atoms with van der Waals surface area (Å²) in [7, 11) is 7.21. The fourth-order valence-electron chi connectivity index (χ4n) is 4.10. The first kappa shape index (κ1) is 31.1. The summed E-state index contributed by atoms with van der Waals surface area (Å²) in [6, 6.07) is 9.77. The van der Waals surface area contributed by atoms with Crippen molar-refractivity contribution in [3.8, 4) is 23.0 Å². The third-order valence-corrected chi connectivity index (χ3v) is 6.29. The summed E-state index contributed by atoms with van der Waals surface area (Å²) in [6.45, 7) is 1.30. The molecule has 2 heterocycles. The second kappa shape index (κ2) is 13.4. The first-order valence-corrected chi connectivity index (χ1v) is 13.1. The van der Waals surface area contributed by atoms with Gasteiger partial charge in [-0.1, -0.05) is 0 Å². The van der Waals surface area contributed by atoms with Gasteiger partial charge in [0.15, 0.2) is 17.4 Å². The van der Waals surface area contributed by atoms with Gasteiger partial charge in [0, 0.05) is 32.4 Å². The average molecular weight is 599 g/mol. The zero-order valence-electron chi connectivity index (χ0n) is 23.9. The van der Waals surface area contributed by atoms with Gasteiger partial charge in [-0.25, -0.2) is 19.3 Å². The van der Waals surface area contributed by atoms with Crippen LogP contribution in [0.2, 0.25) is 0 Å². The standard InChI is InChI=1S/C29H30F4N8O2/c1-34-28-37-17-36-25(39-28)20-7-5-12-35-27(20)43-24-15-18(8-10-21(24)30)26(42)38-22-16-19(29(31,32)33)9-11-23(22)41(4)14-6-13-40(2)3/h5,7-12,15-17H,6,13-14H2,1-4H3,(H,38,42)(H,34,36,37,39). The first-order chi connectivity index (χ1) is 20.5. The summed E-state index contributed by atoms with van der Waals surface area (Å²) in [4.78, 5) is 33.6. The van der Waals surface area contributed by atoms with Gasteiger partial charge in [0.1, 0.15) is 6.33 Å². The Morgan fingerprint density at radius 1 is 1.00 bits per heavy atom. The lowest BCUT2D eigenvalue weighted by molar-refractivity contribution is -0.137. The highest BCUT2D eigenvalue weighted by Crippen LogP contribution is 2.36. The van der Waals surface area contributed by atoms with Crippen molar-refractivity contribution in [3.05, 3.63) is 78.0 Å². The number of nitrogens with one attached hydrogen (secondary N) is 2. The van der Waals surface area contributed by atoms with E-state index in [-0.39, 0.29) is 28.7 Å². The molecule has 0 saturated heterocycles. The van der Waals surface area contributed by atoms with E-state index in [9.17, 15) is 22.4 Å². The van der Waals surface area contributed by atoms with Gasteiger partial charge >= 0.3 is 6.18 Å². The number of ether oxygens (including phenoxy) is 1. The normalized spacial score (nSPS) is 11.4. The Kier molecular flexibility index (Phi) is 9.70. The largest absolute Gasteiger partial charge is 0.435 e. The lowest BCUT2D eigenvalue weighted by Crippen LogP contribution is -2.25. The van der Waals surface area contributed by atoms with E-state index in [1.165, 1.54) is 24.7 Å². The smallest absolute Gasteiger partial charge is 0.416 e. The molecule has 0 fully saturated rings. The Labute approximate surface area is 245 Å². The van der Waals surface area contributed by atoms with E-state index in [4.69, 9.17) is 4.74 Å². The van der Waals surface area contributed by atoms with Crippen molar-refractivity contribution < 1.29 is 27.1 Å². The zero-order chi connectivity index (χ0) is 31.1. The summed E-state index contributed by atoms with van der Waals surface area (Å²) in [5.41, 5.74) is -0.276. The van der Waals surface area contributed by atoms with Crippen LogP contribution in [0.1, 0.15) is 22.3 Å². The van der Waals surface area contributed by atoms with Crippen LogP contribution in [0, 0.1) is 5.82 Å². The third-order valence-electron chi connectivity index (χ3n) is 6.29. The van der Waals surface area contributed by atoms with Gasteiger partial charge in [-0.2, -0.15) is 18.2 Å². The van der Waals surface area contributed by atoms with E-state index >= 15 is 0 Å². The van der Waals surface area contributed by atoms with Crippen molar-refractivity contribution in [2.45, 2.75) is 12.6 Å². The van der Waals surface area contributed by atoms with Crippen LogP contribution in [-0.2, 0) is 6.18 Å². The maximum atomic E-state index is 14.9. The summed E-state index contributed by atoms with van der Waals surface area (Å²) in [5.74, 6) is -1.41. The number of hydrogen-bond donors (Lipinski definition) is 2. The van der Waals surface area contributed by atoms with E-state index in [1.54, 1.807) is 31.1 Å². The molecule has 0 saturated carbocycles. The minimum Gasteiger partial charge on any atom is -0.435 e. The Balaban J connectivity index is 1.62. The minimum absolute atomic E-state index is 0.0354. The highest BCUT2D eigenvalue weighted by atomic mass is 19.4. The van der Waals surface area contributed by atoms with Crippen molar-refractivity contribution in [3.63, 3.8) is 0 Å². The molecule has 0 atom stereocenters. The molecule has 1 amide bonds. The van der Waals surface area contributed by atoms with E-state index < -0.39 is 23.5 Å². The van der Waals surface area contributed by atoms with Crippen LogP contribution in [0.25, 0.3) is 11.4 Å². The van der Waals surface area contributed by atoms with E-state index in [1.807, 2.05) is 19.0 Å². The molecule has 0 radical (unpaired) electrons. The van der Waals surface area contributed by atoms with Crippen molar-refractivity contribution in [2.24, 2.45) is 0 Å². The van der Waals surface area contributed by atoms with Crippen LogP contribution in [0.15, 0.2) is 61.1 Å². The number of aromatic nitrogens is 4. The molecule has 10 nitrogen and oxygen atoms in total. The molecular formula is C29H30F4N8O2. The molecule has 14 heteroatoms. The SMILES string of the molecule is CNc1ncnc(-c2cccnc2Oc2cc(C(=O)Nc3cc(C(F)(F)F)ccc3N(C)CCCN(C)C)ccc2F)n1. The molecular weight excluding hydrogens is 568 g/mol. The predicted octanol–water partition coefficient (Wildman–Crippen LogP) is 5.57. The molecule has 4 aromatic rings. The second-order valence-corrected chi connectivity index (χ2v) is 9.75. The quantitative estimate of drug-likeness (QED) is 0.214. The lowest BCUT2D eigenvalue weighted by atomic mass is 10.1. The van der Waals surface area contributed by atoms with Crippen LogP contribution in [0.5, 0.6) is 11.6 Å².